The minimum atomic E-state index is -0.776. The Morgan fingerprint density at radius 1 is 1.26 bits per heavy atom. The monoisotopic (exact) mass is 488 g/mol. The highest BCUT2D eigenvalue weighted by atomic mass is 32.1. The topological polar surface area (TPSA) is 107 Å². The van der Waals surface area contributed by atoms with Crippen LogP contribution in [0.1, 0.15) is 47.9 Å². The summed E-state index contributed by atoms with van der Waals surface area (Å²) in [6.07, 6.45) is 0.996. The summed E-state index contributed by atoms with van der Waals surface area (Å²) in [6.45, 7) is 6.70. The number of aromatic nitrogens is 1. The molecule has 0 radical (unpaired) electrons. The second kappa shape index (κ2) is 10.8. The molecule has 10 heteroatoms. The van der Waals surface area contributed by atoms with Gasteiger partial charge in [0.1, 0.15) is 17.1 Å². The van der Waals surface area contributed by atoms with E-state index in [1.807, 2.05) is 13.8 Å². The SMILES string of the molecule is CC.COCC1CC(C)N1c1nc2ccc(OC)c(C(=O)Nc3cc(F)ccc3C(N)=O)c2s1. The Hall–Kier alpha value is -3.24. The van der Waals surface area contributed by atoms with Crippen molar-refractivity contribution >= 4 is 44.2 Å². The number of methoxy groups -OCH3 is 2. The van der Waals surface area contributed by atoms with Crippen LogP contribution in [0.25, 0.3) is 10.2 Å². The van der Waals surface area contributed by atoms with Gasteiger partial charge < -0.3 is 25.4 Å². The van der Waals surface area contributed by atoms with Crippen LogP contribution in [0.5, 0.6) is 5.75 Å². The Kier molecular flexibility index (Phi) is 8.06. The van der Waals surface area contributed by atoms with Gasteiger partial charge in [-0.25, -0.2) is 9.37 Å². The maximum Gasteiger partial charge on any atom is 0.260 e. The lowest BCUT2D eigenvalue weighted by atomic mass is 9.96. The zero-order chi connectivity index (χ0) is 25.0. The van der Waals surface area contributed by atoms with E-state index in [0.29, 0.717) is 28.6 Å². The predicted octanol–water partition coefficient (Wildman–Crippen LogP) is 4.44. The fourth-order valence-corrected chi connectivity index (χ4v) is 5.28. The number of thiazole rings is 1. The molecule has 182 valence electrons. The van der Waals surface area contributed by atoms with Crippen molar-refractivity contribution in [3.63, 3.8) is 0 Å². The maximum absolute atomic E-state index is 13.8. The molecule has 4 rings (SSSR count). The highest BCUT2D eigenvalue weighted by Gasteiger charge is 2.37. The van der Waals surface area contributed by atoms with Gasteiger partial charge in [0.2, 0.25) is 0 Å². The summed E-state index contributed by atoms with van der Waals surface area (Å²) >= 11 is 1.38. The van der Waals surface area contributed by atoms with E-state index in [-0.39, 0.29) is 22.9 Å². The number of carbonyl (C=O) groups is 2. The summed E-state index contributed by atoms with van der Waals surface area (Å²) in [5.41, 5.74) is 6.26. The third-order valence-electron chi connectivity index (χ3n) is 5.51. The highest BCUT2D eigenvalue weighted by Crippen LogP contribution is 2.41. The van der Waals surface area contributed by atoms with Crippen LogP contribution in [0, 0.1) is 5.82 Å². The number of nitrogens with two attached hydrogens (primary N) is 1. The van der Waals surface area contributed by atoms with Crippen LogP contribution in [0.3, 0.4) is 0 Å². The molecule has 0 spiro atoms. The lowest BCUT2D eigenvalue weighted by Crippen LogP contribution is -2.56. The number of hydrogen-bond acceptors (Lipinski definition) is 7. The maximum atomic E-state index is 13.8. The van der Waals surface area contributed by atoms with Crippen LogP contribution < -0.4 is 20.7 Å². The van der Waals surface area contributed by atoms with Gasteiger partial charge in [-0.05, 0) is 43.7 Å². The van der Waals surface area contributed by atoms with Gasteiger partial charge in [-0.15, -0.1) is 0 Å². The Labute approximate surface area is 201 Å². The second-order valence-electron chi connectivity index (χ2n) is 7.60. The first-order valence-corrected chi connectivity index (χ1v) is 11.8. The van der Waals surface area contributed by atoms with E-state index >= 15 is 0 Å². The predicted molar refractivity (Wildman–Crippen MR) is 133 cm³/mol. The van der Waals surface area contributed by atoms with Gasteiger partial charge in [-0.2, -0.15) is 0 Å². The number of hydrogen-bond donors (Lipinski definition) is 2. The van der Waals surface area contributed by atoms with Crippen molar-refractivity contribution < 1.29 is 23.5 Å². The summed E-state index contributed by atoms with van der Waals surface area (Å²) in [7, 11) is 3.13. The van der Waals surface area contributed by atoms with Crippen molar-refractivity contribution in [3.05, 3.63) is 47.3 Å². The Morgan fingerprint density at radius 2 is 2.00 bits per heavy atom. The smallest absolute Gasteiger partial charge is 0.260 e. The molecule has 0 saturated carbocycles. The number of benzene rings is 2. The number of nitrogens with zero attached hydrogens (tertiary/aromatic N) is 2. The molecule has 1 aliphatic rings. The van der Waals surface area contributed by atoms with Gasteiger partial charge in [0, 0.05) is 13.2 Å². The van der Waals surface area contributed by atoms with Crippen molar-refractivity contribution in [2.24, 2.45) is 5.73 Å². The first kappa shape index (κ1) is 25.4. The number of carbonyl (C=O) groups excluding carboxylic acids is 2. The average Bonchev–Trinajstić information content (AvgIpc) is 3.21. The van der Waals surface area contributed by atoms with E-state index in [1.165, 1.54) is 24.5 Å². The van der Waals surface area contributed by atoms with Crippen LogP contribution in [-0.2, 0) is 4.74 Å². The van der Waals surface area contributed by atoms with Crippen LogP contribution in [0.2, 0.25) is 0 Å². The molecule has 2 aromatic carbocycles. The number of anilines is 2. The average molecular weight is 489 g/mol. The van der Waals surface area contributed by atoms with Crippen LogP contribution in [-0.4, -0.2) is 49.7 Å². The molecular formula is C24H29FN4O4S. The third-order valence-corrected chi connectivity index (χ3v) is 6.61. The fourth-order valence-electron chi connectivity index (χ4n) is 4.01. The summed E-state index contributed by atoms with van der Waals surface area (Å²) in [4.78, 5) is 31.9. The third kappa shape index (κ3) is 4.83. The van der Waals surface area contributed by atoms with Crippen molar-refractivity contribution in [1.29, 1.82) is 0 Å². The number of primary amides is 1. The quantitative estimate of drug-likeness (QED) is 0.509. The molecule has 0 aliphatic carbocycles. The lowest BCUT2D eigenvalue weighted by Gasteiger charge is -2.46. The molecule has 1 fully saturated rings. The van der Waals surface area contributed by atoms with Crippen molar-refractivity contribution in [2.75, 3.05) is 31.0 Å². The standard InChI is InChI=1S/C22H23FN4O4S.C2H6/c1-11-8-13(10-30-2)27(11)22-26-15-6-7-17(31-3)18(19(15)32-22)21(29)25-16-9-12(23)4-5-14(16)20(24)28;1-2/h4-7,9,11,13H,8,10H2,1-3H3,(H2,24,28)(H,25,29);1-2H3. The molecule has 1 aromatic heterocycles. The zero-order valence-corrected chi connectivity index (χ0v) is 20.7. The van der Waals surface area contributed by atoms with Gasteiger partial charge in [0.25, 0.3) is 11.8 Å². The van der Waals surface area contributed by atoms with Crippen LogP contribution in [0.15, 0.2) is 30.3 Å². The lowest BCUT2D eigenvalue weighted by molar-refractivity contribution is 0.100. The molecule has 3 N–H and O–H groups in total. The first-order chi connectivity index (χ1) is 16.3. The summed E-state index contributed by atoms with van der Waals surface area (Å²) in [5.74, 6) is -1.60. The Bertz CT molecular complexity index is 1200. The van der Waals surface area contributed by atoms with Gasteiger partial charge in [0.15, 0.2) is 5.13 Å². The van der Waals surface area contributed by atoms with Crippen molar-refractivity contribution in [1.82, 2.24) is 4.98 Å². The van der Waals surface area contributed by atoms with E-state index in [2.05, 4.69) is 17.1 Å². The van der Waals surface area contributed by atoms with Gasteiger partial charge >= 0.3 is 0 Å². The Balaban J connectivity index is 0.00000158. The number of ether oxygens (including phenoxy) is 2. The second-order valence-corrected chi connectivity index (χ2v) is 8.57. The van der Waals surface area contributed by atoms with Crippen LogP contribution in [0.4, 0.5) is 15.2 Å². The number of halogens is 1. The van der Waals surface area contributed by atoms with Crippen LogP contribution >= 0.6 is 11.3 Å². The molecule has 2 atom stereocenters. The molecule has 0 bridgehead atoms. The molecule has 8 nitrogen and oxygen atoms in total. The van der Waals surface area contributed by atoms with Crippen molar-refractivity contribution in [3.8, 4) is 5.75 Å². The number of amides is 2. The molecule has 2 heterocycles. The van der Waals surface area contributed by atoms with E-state index in [4.69, 9.17) is 20.2 Å². The largest absolute Gasteiger partial charge is 0.496 e. The van der Waals surface area contributed by atoms with E-state index in [1.54, 1.807) is 19.2 Å². The first-order valence-electron chi connectivity index (χ1n) is 11.0. The normalized spacial score (nSPS) is 16.9. The number of nitrogens with one attached hydrogen (secondary N) is 1. The van der Waals surface area contributed by atoms with E-state index in [9.17, 15) is 14.0 Å². The molecule has 3 aromatic rings. The molecule has 1 saturated heterocycles. The molecule has 2 amide bonds. The van der Waals surface area contributed by atoms with Gasteiger partial charge in [0.05, 0.1) is 41.2 Å². The molecule has 2 unspecified atom stereocenters. The highest BCUT2D eigenvalue weighted by molar-refractivity contribution is 7.22. The minimum absolute atomic E-state index is 0.00713. The summed E-state index contributed by atoms with van der Waals surface area (Å²) < 4.78 is 25.1. The Morgan fingerprint density at radius 3 is 2.62 bits per heavy atom. The fraction of sp³-hybridized carbons (Fsp3) is 0.375. The summed E-state index contributed by atoms with van der Waals surface area (Å²) in [6, 6.07) is 7.37. The minimum Gasteiger partial charge on any atom is -0.496 e. The number of rotatable bonds is 7. The van der Waals surface area contributed by atoms with E-state index < -0.39 is 17.6 Å². The van der Waals surface area contributed by atoms with Gasteiger partial charge in [-0.3, -0.25) is 9.59 Å². The molecule has 34 heavy (non-hydrogen) atoms. The molecular weight excluding hydrogens is 459 g/mol. The summed E-state index contributed by atoms with van der Waals surface area (Å²) in [5, 5.41) is 3.39. The van der Waals surface area contributed by atoms with Crippen molar-refractivity contribution in [2.45, 2.75) is 39.3 Å². The number of fused-ring (bicyclic) bond motifs is 1. The van der Waals surface area contributed by atoms with Gasteiger partial charge in [-0.1, -0.05) is 25.2 Å². The molecule has 1 aliphatic heterocycles. The zero-order valence-electron chi connectivity index (χ0n) is 19.8. The van der Waals surface area contributed by atoms with E-state index in [0.717, 1.165) is 23.7 Å².